The zero-order valence-electron chi connectivity index (χ0n) is 22.3. The Hall–Kier alpha value is -3.56. The average Bonchev–Trinajstić information content (AvgIpc) is 2.95. The van der Waals surface area contributed by atoms with E-state index in [-0.39, 0.29) is 23.0 Å². The number of nitrogens with zero attached hydrogens (tertiary/aromatic N) is 2. The Labute approximate surface area is 235 Å². The largest absolute Gasteiger partial charge is 0.497 e. The van der Waals surface area contributed by atoms with Gasteiger partial charge < -0.3 is 15.0 Å². The van der Waals surface area contributed by atoms with E-state index >= 15 is 0 Å². The molecule has 10 heteroatoms. The van der Waals surface area contributed by atoms with Gasteiger partial charge in [-0.2, -0.15) is 0 Å². The summed E-state index contributed by atoms with van der Waals surface area (Å²) in [7, 11) is -2.67. The number of amides is 2. The number of ether oxygens (including phenoxy) is 1. The lowest BCUT2D eigenvalue weighted by Gasteiger charge is -2.32. The van der Waals surface area contributed by atoms with E-state index in [0.29, 0.717) is 22.9 Å². The molecule has 3 aromatic carbocycles. The van der Waals surface area contributed by atoms with Crippen LogP contribution < -0.4 is 14.4 Å². The SMILES string of the molecule is CCCCNC(=O)[C@H](C)N(Cc1ccccc1Cl)C(=O)CN(c1cccc(OC)c1)S(=O)(=O)c1ccccc1. The van der Waals surface area contributed by atoms with Crippen molar-refractivity contribution in [2.45, 2.75) is 44.2 Å². The predicted molar refractivity (Wildman–Crippen MR) is 153 cm³/mol. The quantitative estimate of drug-likeness (QED) is 0.295. The van der Waals surface area contributed by atoms with E-state index in [1.165, 1.54) is 24.1 Å². The Morgan fingerprint density at radius 1 is 1.00 bits per heavy atom. The van der Waals surface area contributed by atoms with Gasteiger partial charge in [-0.15, -0.1) is 0 Å². The van der Waals surface area contributed by atoms with Gasteiger partial charge in [0.25, 0.3) is 10.0 Å². The van der Waals surface area contributed by atoms with Crippen molar-refractivity contribution in [1.29, 1.82) is 0 Å². The standard InChI is InChI=1S/C29H34ClN3O5S/c1-4-5-18-31-29(35)22(2)32(20-23-12-9-10-17-27(23)30)28(34)21-33(24-13-11-14-25(19-24)38-3)39(36,37)26-15-7-6-8-16-26/h6-17,19,22H,4-5,18,20-21H2,1-3H3,(H,31,35)/t22-/m0/s1. The van der Waals surface area contributed by atoms with E-state index < -0.39 is 28.5 Å². The molecular formula is C29H34ClN3O5S. The number of carbonyl (C=O) groups excluding carboxylic acids is 2. The second-order valence-corrected chi connectivity index (χ2v) is 11.2. The van der Waals surface area contributed by atoms with Gasteiger partial charge in [-0.1, -0.05) is 67.4 Å². The minimum absolute atomic E-state index is 0.0260. The van der Waals surface area contributed by atoms with E-state index in [1.807, 2.05) is 6.92 Å². The van der Waals surface area contributed by atoms with Crippen LogP contribution in [0.5, 0.6) is 5.75 Å². The Morgan fingerprint density at radius 3 is 2.36 bits per heavy atom. The molecule has 208 valence electrons. The van der Waals surface area contributed by atoms with Crippen LogP contribution in [0.15, 0.2) is 83.8 Å². The summed E-state index contributed by atoms with van der Waals surface area (Å²) in [5.74, 6) is -0.456. The lowest BCUT2D eigenvalue weighted by Crippen LogP contribution is -2.51. The Morgan fingerprint density at radius 2 is 1.69 bits per heavy atom. The van der Waals surface area contributed by atoms with E-state index in [9.17, 15) is 18.0 Å². The van der Waals surface area contributed by atoms with Crippen molar-refractivity contribution in [3.63, 3.8) is 0 Å². The highest BCUT2D eigenvalue weighted by Gasteiger charge is 2.32. The average molecular weight is 572 g/mol. The third-order valence-corrected chi connectivity index (χ3v) is 8.40. The van der Waals surface area contributed by atoms with Gasteiger partial charge in [0, 0.05) is 24.2 Å². The maximum atomic E-state index is 13.9. The van der Waals surface area contributed by atoms with Crippen molar-refractivity contribution in [3.8, 4) is 5.75 Å². The van der Waals surface area contributed by atoms with Gasteiger partial charge in [0.15, 0.2) is 0 Å². The highest BCUT2D eigenvalue weighted by atomic mass is 35.5. The number of carbonyl (C=O) groups is 2. The molecule has 0 aliphatic carbocycles. The minimum Gasteiger partial charge on any atom is -0.497 e. The number of nitrogens with one attached hydrogen (secondary N) is 1. The normalized spacial score (nSPS) is 11.9. The molecule has 0 heterocycles. The molecule has 0 unspecified atom stereocenters. The fraction of sp³-hybridized carbons (Fsp3) is 0.310. The molecule has 0 radical (unpaired) electrons. The molecule has 1 atom stereocenters. The van der Waals surface area contributed by atoms with E-state index in [4.69, 9.17) is 16.3 Å². The molecule has 3 aromatic rings. The summed E-state index contributed by atoms with van der Waals surface area (Å²) in [5, 5.41) is 3.30. The van der Waals surface area contributed by atoms with Crippen molar-refractivity contribution in [2.75, 3.05) is 24.5 Å². The molecule has 0 fully saturated rings. The van der Waals surface area contributed by atoms with Crippen molar-refractivity contribution in [3.05, 3.63) is 89.4 Å². The van der Waals surface area contributed by atoms with Crippen LogP contribution in [0.4, 0.5) is 5.69 Å². The number of hydrogen-bond acceptors (Lipinski definition) is 5. The number of halogens is 1. The van der Waals surface area contributed by atoms with E-state index in [1.54, 1.807) is 73.7 Å². The van der Waals surface area contributed by atoms with E-state index in [2.05, 4.69) is 5.32 Å². The van der Waals surface area contributed by atoms with Gasteiger partial charge >= 0.3 is 0 Å². The molecule has 1 N–H and O–H groups in total. The van der Waals surface area contributed by atoms with Crippen molar-refractivity contribution < 1.29 is 22.7 Å². The maximum Gasteiger partial charge on any atom is 0.264 e. The molecule has 8 nitrogen and oxygen atoms in total. The molecule has 39 heavy (non-hydrogen) atoms. The molecule has 0 saturated heterocycles. The van der Waals surface area contributed by atoms with Crippen LogP contribution in [0.25, 0.3) is 0 Å². The smallest absolute Gasteiger partial charge is 0.264 e. The third-order valence-electron chi connectivity index (χ3n) is 6.25. The fourth-order valence-corrected chi connectivity index (χ4v) is 5.57. The van der Waals surface area contributed by atoms with Crippen LogP contribution in [0.2, 0.25) is 5.02 Å². The molecule has 0 bridgehead atoms. The second kappa shape index (κ2) is 14.0. The summed E-state index contributed by atoms with van der Waals surface area (Å²) in [6, 6.07) is 20.5. The van der Waals surface area contributed by atoms with Crippen LogP contribution in [-0.4, -0.2) is 51.4 Å². The van der Waals surface area contributed by atoms with Crippen LogP contribution in [0, 0.1) is 0 Å². The molecule has 0 saturated carbocycles. The summed E-state index contributed by atoms with van der Waals surface area (Å²) >= 11 is 6.39. The summed E-state index contributed by atoms with van der Waals surface area (Å²) in [4.78, 5) is 28.3. The molecule has 0 aliphatic heterocycles. The highest BCUT2D eigenvalue weighted by molar-refractivity contribution is 7.92. The van der Waals surface area contributed by atoms with Crippen LogP contribution in [0.1, 0.15) is 32.3 Å². The zero-order valence-corrected chi connectivity index (χ0v) is 23.9. The Bertz CT molecular complexity index is 1370. The van der Waals surface area contributed by atoms with Crippen LogP contribution in [0.3, 0.4) is 0 Å². The summed E-state index contributed by atoms with van der Waals surface area (Å²) in [6.07, 6.45) is 1.71. The summed E-state index contributed by atoms with van der Waals surface area (Å²) in [6.45, 7) is 3.60. The second-order valence-electron chi connectivity index (χ2n) is 8.96. The molecule has 0 spiro atoms. The molecule has 3 rings (SSSR count). The van der Waals surface area contributed by atoms with Gasteiger partial charge in [0.2, 0.25) is 11.8 Å². The molecule has 0 aromatic heterocycles. The molecule has 2 amide bonds. The van der Waals surface area contributed by atoms with Crippen LogP contribution >= 0.6 is 11.6 Å². The Kier molecular flexibility index (Phi) is 10.8. The molecule has 0 aliphatic rings. The first-order valence-corrected chi connectivity index (χ1v) is 14.5. The fourth-order valence-electron chi connectivity index (χ4n) is 3.94. The number of benzene rings is 3. The first-order chi connectivity index (χ1) is 18.7. The summed E-state index contributed by atoms with van der Waals surface area (Å²) in [5.41, 5.74) is 0.892. The van der Waals surface area contributed by atoms with Crippen molar-refractivity contribution in [1.82, 2.24) is 10.2 Å². The number of rotatable bonds is 13. The van der Waals surface area contributed by atoms with Crippen molar-refractivity contribution >= 4 is 39.1 Å². The first-order valence-electron chi connectivity index (χ1n) is 12.7. The number of anilines is 1. The third kappa shape index (κ3) is 7.74. The van der Waals surface area contributed by atoms with Gasteiger partial charge in [-0.25, -0.2) is 8.42 Å². The number of hydrogen-bond donors (Lipinski definition) is 1. The zero-order chi connectivity index (χ0) is 28.4. The molecular weight excluding hydrogens is 538 g/mol. The first kappa shape index (κ1) is 30.0. The van der Waals surface area contributed by atoms with Gasteiger partial charge in [0.1, 0.15) is 18.3 Å². The lowest BCUT2D eigenvalue weighted by molar-refractivity contribution is -0.139. The number of unbranched alkanes of at least 4 members (excludes halogenated alkanes) is 1. The van der Waals surface area contributed by atoms with Gasteiger partial charge in [0.05, 0.1) is 17.7 Å². The maximum absolute atomic E-state index is 13.9. The topological polar surface area (TPSA) is 96.0 Å². The van der Waals surface area contributed by atoms with Gasteiger partial charge in [-0.05, 0) is 49.2 Å². The van der Waals surface area contributed by atoms with Gasteiger partial charge in [-0.3, -0.25) is 13.9 Å². The van der Waals surface area contributed by atoms with Crippen molar-refractivity contribution in [2.24, 2.45) is 0 Å². The Balaban J connectivity index is 2.02. The van der Waals surface area contributed by atoms with Crippen LogP contribution in [-0.2, 0) is 26.2 Å². The number of sulfonamides is 1. The summed E-state index contributed by atoms with van der Waals surface area (Å²) < 4.78 is 33.9. The minimum atomic E-state index is -4.15. The highest BCUT2D eigenvalue weighted by Crippen LogP contribution is 2.28. The number of methoxy groups -OCH3 is 1. The van der Waals surface area contributed by atoms with E-state index in [0.717, 1.165) is 17.1 Å². The monoisotopic (exact) mass is 571 g/mol. The predicted octanol–water partition coefficient (Wildman–Crippen LogP) is 4.88. The lowest BCUT2D eigenvalue weighted by atomic mass is 10.1.